The first kappa shape index (κ1) is 16.6. The third kappa shape index (κ3) is 2.96. The van der Waals surface area contributed by atoms with Gasteiger partial charge in [-0.2, -0.15) is 5.10 Å². The number of aromatic nitrogens is 2. The molecule has 134 valence electrons. The second kappa shape index (κ2) is 6.16. The molecular formula is C18H22F2N4O. The highest BCUT2D eigenvalue weighted by Gasteiger charge is 2.37. The molecule has 1 saturated heterocycles. The number of aryl methyl sites for hydroxylation is 2. The lowest BCUT2D eigenvalue weighted by Crippen LogP contribution is -2.47. The monoisotopic (exact) mass is 348 g/mol. The highest BCUT2D eigenvalue weighted by Crippen LogP contribution is 2.34. The average molecular weight is 348 g/mol. The summed E-state index contributed by atoms with van der Waals surface area (Å²) >= 11 is 0. The summed E-state index contributed by atoms with van der Waals surface area (Å²) in [5.41, 5.74) is 9.08. The number of benzene rings is 1. The third-order valence-electron chi connectivity index (χ3n) is 5.22. The normalized spacial score (nSPS) is 26.8. The SMILES string of the molecule is Cc1cc(F)c([C@H]2OC[C@H](N3Cc4cn(C)nc4C3)C[C@@H]2N)cc1F. The van der Waals surface area contributed by atoms with E-state index in [1.807, 2.05) is 17.9 Å². The minimum atomic E-state index is -0.615. The summed E-state index contributed by atoms with van der Waals surface area (Å²) in [7, 11) is 1.92. The predicted molar refractivity (Wildman–Crippen MR) is 88.6 cm³/mol. The molecule has 0 amide bonds. The van der Waals surface area contributed by atoms with Gasteiger partial charge >= 0.3 is 0 Å². The smallest absolute Gasteiger partial charge is 0.129 e. The first-order valence-corrected chi connectivity index (χ1v) is 8.50. The molecule has 2 aliphatic rings. The van der Waals surface area contributed by atoms with Gasteiger partial charge in [-0.1, -0.05) is 0 Å². The number of ether oxygens (including phenoxy) is 1. The third-order valence-corrected chi connectivity index (χ3v) is 5.22. The van der Waals surface area contributed by atoms with Crippen LogP contribution in [-0.4, -0.2) is 33.4 Å². The van der Waals surface area contributed by atoms with Crippen molar-refractivity contribution in [3.8, 4) is 0 Å². The summed E-state index contributed by atoms with van der Waals surface area (Å²) < 4.78 is 35.8. The van der Waals surface area contributed by atoms with Crippen molar-refractivity contribution in [2.24, 2.45) is 12.8 Å². The zero-order valence-corrected chi connectivity index (χ0v) is 14.4. The van der Waals surface area contributed by atoms with Crippen molar-refractivity contribution in [1.82, 2.24) is 14.7 Å². The molecular weight excluding hydrogens is 326 g/mol. The summed E-state index contributed by atoms with van der Waals surface area (Å²) in [5.74, 6) is -0.896. The van der Waals surface area contributed by atoms with Gasteiger partial charge in [0.1, 0.15) is 17.7 Å². The van der Waals surface area contributed by atoms with E-state index in [1.54, 1.807) is 6.92 Å². The first-order valence-electron chi connectivity index (χ1n) is 8.50. The standard InChI is InChI=1S/C18H22F2N4O/c1-10-3-15(20)13(5-14(10)19)18-16(21)4-12(9-25-18)24-7-11-6-23(2)22-17(11)8-24/h3,5-6,12,16,18H,4,7-9,21H2,1-2H3/t12-,16+,18-/m1/s1. The Balaban J connectivity index is 1.46. The zero-order valence-electron chi connectivity index (χ0n) is 14.4. The second-order valence-electron chi connectivity index (χ2n) is 7.11. The summed E-state index contributed by atoms with van der Waals surface area (Å²) in [4.78, 5) is 2.29. The number of halogens is 2. The Morgan fingerprint density at radius 1 is 1.24 bits per heavy atom. The van der Waals surface area contributed by atoms with Crippen molar-refractivity contribution in [2.75, 3.05) is 6.61 Å². The largest absolute Gasteiger partial charge is 0.370 e. The molecule has 3 atom stereocenters. The van der Waals surface area contributed by atoms with Crippen molar-refractivity contribution >= 4 is 0 Å². The highest BCUT2D eigenvalue weighted by atomic mass is 19.1. The van der Waals surface area contributed by atoms with Crippen LogP contribution in [0.15, 0.2) is 18.3 Å². The van der Waals surface area contributed by atoms with Gasteiger partial charge in [-0.05, 0) is 31.0 Å². The van der Waals surface area contributed by atoms with Gasteiger partial charge in [0.05, 0.1) is 12.3 Å². The van der Waals surface area contributed by atoms with Gasteiger partial charge in [-0.15, -0.1) is 0 Å². The van der Waals surface area contributed by atoms with Crippen LogP contribution in [-0.2, 0) is 24.9 Å². The number of hydrogen-bond donors (Lipinski definition) is 1. The molecule has 3 heterocycles. The molecule has 2 N–H and O–H groups in total. The minimum Gasteiger partial charge on any atom is -0.370 e. The molecule has 1 fully saturated rings. The number of nitrogens with zero attached hydrogens (tertiary/aromatic N) is 3. The Bertz CT molecular complexity index is 783. The Labute approximate surface area is 145 Å². The van der Waals surface area contributed by atoms with E-state index in [0.717, 1.165) is 18.8 Å². The number of fused-ring (bicyclic) bond motifs is 1. The van der Waals surface area contributed by atoms with Gasteiger partial charge in [0.25, 0.3) is 0 Å². The van der Waals surface area contributed by atoms with Gasteiger partial charge in [0, 0.05) is 49.5 Å². The molecule has 0 radical (unpaired) electrons. The maximum Gasteiger partial charge on any atom is 0.129 e. The summed E-state index contributed by atoms with van der Waals surface area (Å²) in [6.45, 7) is 3.58. The Morgan fingerprint density at radius 3 is 2.76 bits per heavy atom. The van der Waals surface area contributed by atoms with Crippen molar-refractivity contribution < 1.29 is 13.5 Å². The molecule has 0 spiro atoms. The van der Waals surface area contributed by atoms with Gasteiger partial charge in [0.15, 0.2) is 0 Å². The lowest BCUT2D eigenvalue weighted by atomic mass is 9.92. The predicted octanol–water partition coefficient (Wildman–Crippen LogP) is 2.18. The van der Waals surface area contributed by atoms with Gasteiger partial charge in [0.2, 0.25) is 0 Å². The maximum atomic E-state index is 14.2. The summed E-state index contributed by atoms with van der Waals surface area (Å²) in [6, 6.07) is 2.19. The van der Waals surface area contributed by atoms with Crippen LogP contribution in [0.1, 0.15) is 34.9 Å². The van der Waals surface area contributed by atoms with E-state index < -0.39 is 17.7 Å². The summed E-state index contributed by atoms with van der Waals surface area (Å²) in [6.07, 6.45) is 2.10. The fourth-order valence-corrected chi connectivity index (χ4v) is 3.87. The molecule has 5 nitrogen and oxygen atoms in total. The molecule has 2 aliphatic heterocycles. The van der Waals surface area contributed by atoms with Gasteiger partial charge in [-0.25, -0.2) is 8.78 Å². The Morgan fingerprint density at radius 2 is 2.04 bits per heavy atom. The van der Waals surface area contributed by atoms with Crippen LogP contribution in [0.3, 0.4) is 0 Å². The molecule has 0 saturated carbocycles. The van der Waals surface area contributed by atoms with Crippen LogP contribution < -0.4 is 5.73 Å². The van der Waals surface area contributed by atoms with Gasteiger partial charge < -0.3 is 10.5 Å². The maximum absolute atomic E-state index is 14.2. The van der Waals surface area contributed by atoms with E-state index in [1.165, 1.54) is 17.7 Å². The molecule has 0 unspecified atom stereocenters. The van der Waals surface area contributed by atoms with E-state index in [2.05, 4.69) is 10.00 Å². The lowest BCUT2D eigenvalue weighted by molar-refractivity contribution is -0.0533. The van der Waals surface area contributed by atoms with E-state index in [0.29, 0.717) is 13.0 Å². The van der Waals surface area contributed by atoms with Crippen molar-refractivity contribution in [1.29, 1.82) is 0 Å². The van der Waals surface area contributed by atoms with Crippen molar-refractivity contribution in [3.05, 3.63) is 52.3 Å². The van der Waals surface area contributed by atoms with Crippen LogP contribution in [0.4, 0.5) is 8.78 Å². The van der Waals surface area contributed by atoms with Crippen molar-refractivity contribution in [3.63, 3.8) is 0 Å². The molecule has 25 heavy (non-hydrogen) atoms. The topological polar surface area (TPSA) is 56.3 Å². The number of nitrogens with two attached hydrogens (primary N) is 1. The minimum absolute atomic E-state index is 0.157. The molecule has 0 aliphatic carbocycles. The van der Waals surface area contributed by atoms with E-state index >= 15 is 0 Å². The van der Waals surface area contributed by atoms with Crippen LogP contribution in [0.5, 0.6) is 0 Å². The van der Waals surface area contributed by atoms with Crippen LogP contribution in [0, 0.1) is 18.6 Å². The van der Waals surface area contributed by atoms with Crippen LogP contribution in [0.25, 0.3) is 0 Å². The quantitative estimate of drug-likeness (QED) is 0.904. The fraction of sp³-hybridized carbons (Fsp3) is 0.500. The van der Waals surface area contributed by atoms with E-state index in [-0.39, 0.29) is 23.2 Å². The van der Waals surface area contributed by atoms with Crippen molar-refractivity contribution in [2.45, 2.75) is 44.6 Å². The molecule has 1 aromatic carbocycles. The second-order valence-corrected chi connectivity index (χ2v) is 7.11. The van der Waals surface area contributed by atoms with Gasteiger partial charge in [-0.3, -0.25) is 9.58 Å². The highest BCUT2D eigenvalue weighted by molar-refractivity contribution is 5.28. The molecule has 7 heteroatoms. The Kier molecular flexibility index (Phi) is 4.10. The van der Waals surface area contributed by atoms with Crippen LogP contribution in [0.2, 0.25) is 0 Å². The lowest BCUT2D eigenvalue weighted by Gasteiger charge is -2.38. The average Bonchev–Trinajstić information content (AvgIpc) is 3.08. The van der Waals surface area contributed by atoms with E-state index in [4.69, 9.17) is 10.5 Å². The number of hydrogen-bond acceptors (Lipinski definition) is 4. The summed E-state index contributed by atoms with van der Waals surface area (Å²) in [5, 5.41) is 4.46. The zero-order chi connectivity index (χ0) is 17.7. The molecule has 2 aromatic rings. The van der Waals surface area contributed by atoms with Crippen LogP contribution >= 0.6 is 0 Å². The molecule has 0 bridgehead atoms. The Hall–Kier alpha value is -1.83. The van der Waals surface area contributed by atoms with E-state index in [9.17, 15) is 8.78 Å². The molecule has 4 rings (SSSR count). The first-order chi connectivity index (χ1) is 11.9. The number of rotatable bonds is 2. The molecule has 1 aromatic heterocycles. The fourth-order valence-electron chi connectivity index (χ4n) is 3.87.